The van der Waals surface area contributed by atoms with Crippen molar-refractivity contribution in [2.75, 3.05) is 24.4 Å². The number of amides is 1. The zero-order chi connectivity index (χ0) is 21.8. The summed E-state index contributed by atoms with van der Waals surface area (Å²) >= 11 is 0. The van der Waals surface area contributed by atoms with E-state index in [1.165, 1.54) is 13.2 Å². The van der Waals surface area contributed by atoms with Gasteiger partial charge in [0.2, 0.25) is 5.91 Å². The number of carbonyl (C=O) groups is 2. The van der Waals surface area contributed by atoms with Gasteiger partial charge >= 0.3 is 11.6 Å². The first kappa shape index (κ1) is 20.9. The van der Waals surface area contributed by atoms with E-state index in [0.717, 1.165) is 5.39 Å². The highest BCUT2D eigenvalue weighted by molar-refractivity contribution is 6.05. The predicted octanol–water partition coefficient (Wildman–Crippen LogP) is 3.62. The Morgan fingerprint density at radius 2 is 1.93 bits per heavy atom. The highest BCUT2D eigenvalue weighted by Gasteiger charge is 2.25. The number of methoxy groups -OCH3 is 1. The summed E-state index contributed by atoms with van der Waals surface area (Å²) in [5.74, 6) is -2.60. The SMILES string of the molecule is CCC(C(=O)O)C(=O)Nc1cc(N(C)c2cc(=O)oc3ccccc23)ccc1OC. The number of carboxylic acid groups (broad SMARTS) is 1. The number of aliphatic carboxylic acids is 1. The third kappa shape index (κ3) is 4.12. The highest BCUT2D eigenvalue weighted by Crippen LogP contribution is 2.35. The van der Waals surface area contributed by atoms with Crippen LogP contribution < -0.4 is 20.6 Å². The number of carbonyl (C=O) groups excluding carboxylic acids is 1. The van der Waals surface area contributed by atoms with E-state index < -0.39 is 23.4 Å². The van der Waals surface area contributed by atoms with Crippen LogP contribution in [0.4, 0.5) is 17.1 Å². The van der Waals surface area contributed by atoms with Gasteiger partial charge in [-0.15, -0.1) is 0 Å². The number of carboxylic acids is 1. The van der Waals surface area contributed by atoms with Crippen molar-refractivity contribution in [3.8, 4) is 5.75 Å². The minimum atomic E-state index is -1.19. The maximum atomic E-state index is 12.4. The number of nitrogens with zero attached hydrogens (tertiary/aromatic N) is 1. The van der Waals surface area contributed by atoms with Crippen LogP contribution in [0, 0.1) is 5.92 Å². The first-order valence-electron chi connectivity index (χ1n) is 9.34. The molecule has 2 aromatic carbocycles. The number of benzene rings is 2. The van der Waals surface area contributed by atoms with Gasteiger partial charge in [-0.05, 0) is 36.8 Å². The fourth-order valence-electron chi connectivity index (χ4n) is 3.21. The van der Waals surface area contributed by atoms with Crippen molar-refractivity contribution in [2.24, 2.45) is 5.92 Å². The number of anilines is 3. The van der Waals surface area contributed by atoms with Gasteiger partial charge in [-0.25, -0.2) is 4.79 Å². The van der Waals surface area contributed by atoms with Crippen LogP contribution in [0.1, 0.15) is 13.3 Å². The Kier molecular flexibility index (Phi) is 6.06. The van der Waals surface area contributed by atoms with Gasteiger partial charge in [-0.3, -0.25) is 9.59 Å². The molecule has 0 fully saturated rings. The second-order valence-corrected chi connectivity index (χ2v) is 6.68. The standard InChI is InChI=1S/C22H22N2O6/c1-4-14(22(27)28)21(26)23-16-11-13(9-10-19(16)29-3)24(2)17-12-20(25)30-18-8-6-5-7-15(17)18/h5-12,14H,4H2,1-3H3,(H,23,26)(H,27,28). The molecule has 156 valence electrons. The lowest BCUT2D eigenvalue weighted by Crippen LogP contribution is -2.29. The van der Waals surface area contributed by atoms with Crippen LogP contribution in [0.15, 0.2) is 57.7 Å². The molecule has 0 spiro atoms. The minimum Gasteiger partial charge on any atom is -0.495 e. The predicted molar refractivity (Wildman–Crippen MR) is 114 cm³/mol. The molecule has 0 radical (unpaired) electrons. The summed E-state index contributed by atoms with van der Waals surface area (Å²) in [6.45, 7) is 1.63. The van der Waals surface area contributed by atoms with Crippen molar-refractivity contribution in [3.05, 3.63) is 59.0 Å². The molecule has 1 amide bonds. The maximum absolute atomic E-state index is 12.4. The lowest BCUT2D eigenvalue weighted by molar-refractivity contribution is -0.145. The number of nitrogens with one attached hydrogen (secondary N) is 1. The summed E-state index contributed by atoms with van der Waals surface area (Å²) in [5, 5.41) is 12.6. The zero-order valence-electron chi connectivity index (χ0n) is 16.8. The van der Waals surface area contributed by atoms with Crippen molar-refractivity contribution < 1.29 is 23.8 Å². The first-order chi connectivity index (χ1) is 14.3. The molecule has 0 aliphatic heterocycles. The van der Waals surface area contributed by atoms with E-state index in [9.17, 15) is 19.5 Å². The zero-order valence-corrected chi connectivity index (χ0v) is 16.8. The molecule has 8 heteroatoms. The monoisotopic (exact) mass is 410 g/mol. The third-order valence-corrected chi connectivity index (χ3v) is 4.84. The number of hydrogen-bond donors (Lipinski definition) is 2. The number of fused-ring (bicyclic) bond motifs is 1. The molecule has 0 saturated heterocycles. The van der Waals surface area contributed by atoms with E-state index >= 15 is 0 Å². The molecular weight excluding hydrogens is 388 g/mol. The quantitative estimate of drug-likeness (QED) is 0.452. The van der Waals surface area contributed by atoms with Crippen molar-refractivity contribution in [2.45, 2.75) is 13.3 Å². The van der Waals surface area contributed by atoms with Gasteiger partial charge in [-0.2, -0.15) is 0 Å². The second kappa shape index (κ2) is 8.69. The summed E-state index contributed by atoms with van der Waals surface area (Å²) in [7, 11) is 3.24. The number of rotatable bonds is 7. The van der Waals surface area contributed by atoms with E-state index in [-0.39, 0.29) is 6.42 Å². The van der Waals surface area contributed by atoms with E-state index in [2.05, 4.69) is 5.32 Å². The number of ether oxygens (including phenoxy) is 1. The van der Waals surface area contributed by atoms with Crippen molar-refractivity contribution >= 4 is 39.9 Å². The Hall–Kier alpha value is -3.81. The van der Waals surface area contributed by atoms with Crippen LogP contribution in [0.3, 0.4) is 0 Å². The molecule has 30 heavy (non-hydrogen) atoms. The van der Waals surface area contributed by atoms with Gasteiger partial charge in [0.25, 0.3) is 0 Å². The third-order valence-electron chi connectivity index (χ3n) is 4.84. The molecule has 8 nitrogen and oxygen atoms in total. The van der Waals surface area contributed by atoms with Gasteiger partial charge in [0.15, 0.2) is 0 Å². The summed E-state index contributed by atoms with van der Waals surface area (Å²) in [6, 6.07) is 13.7. The van der Waals surface area contributed by atoms with E-state index in [0.29, 0.717) is 28.4 Å². The Morgan fingerprint density at radius 3 is 2.60 bits per heavy atom. The Morgan fingerprint density at radius 1 is 1.20 bits per heavy atom. The molecule has 2 N–H and O–H groups in total. The van der Waals surface area contributed by atoms with E-state index in [4.69, 9.17) is 9.15 Å². The Bertz CT molecular complexity index is 1150. The van der Waals surface area contributed by atoms with Gasteiger partial charge in [0, 0.05) is 24.2 Å². The maximum Gasteiger partial charge on any atom is 0.338 e. The second-order valence-electron chi connectivity index (χ2n) is 6.68. The van der Waals surface area contributed by atoms with Crippen LogP contribution in [0.5, 0.6) is 5.75 Å². The average Bonchev–Trinajstić information content (AvgIpc) is 2.72. The molecule has 1 heterocycles. The average molecular weight is 410 g/mol. The molecule has 0 aliphatic carbocycles. The summed E-state index contributed by atoms with van der Waals surface area (Å²) in [5.41, 5.74) is 1.59. The highest BCUT2D eigenvalue weighted by atomic mass is 16.5. The van der Waals surface area contributed by atoms with Crippen molar-refractivity contribution in [1.29, 1.82) is 0 Å². The van der Waals surface area contributed by atoms with Crippen molar-refractivity contribution in [1.82, 2.24) is 0 Å². The van der Waals surface area contributed by atoms with Crippen molar-refractivity contribution in [3.63, 3.8) is 0 Å². The molecule has 1 atom stereocenters. The molecule has 3 rings (SSSR count). The summed E-state index contributed by atoms with van der Waals surface area (Å²) in [6.07, 6.45) is 0.162. The number of hydrogen-bond acceptors (Lipinski definition) is 6. The normalized spacial score (nSPS) is 11.7. The smallest absolute Gasteiger partial charge is 0.338 e. The summed E-state index contributed by atoms with van der Waals surface area (Å²) in [4.78, 5) is 37.5. The van der Waals surface area contributed by atoms with Crippen LogP contribution in [0.25, 0.3) is 11.0 Å². The lowest BCUT2D eigenvalue weighted by Gasteiger charge is -2.22. The largest absolute Gasteiger partial charge is 0.495 e. The van der Waals surface area contributed by atoms with Crippen LogP contribution >= 0.6 is 0 Å². The Balaban J connectivity index is 2.02. The molecule has 0 saturated carbocycles. The number of para-hydroxylation sites is 1. The molecule has 1 aromatic heterocycles. The van der Waals surface area contributed by atoms with Gasteiger partial charge in [0.05, 0.1) is 18.5 Å². The van der Waals surface area contributed by atoms with E-state index in [1.54, 1.807) is 49.2 Å². The van der Waals surface area contributed by atoms with Gasteiger partial charge in [0.1, 0.15) is 17.3 Å². The summed E-state index contributed by atoms with van der Waals surface area (Å²) < 4.78 is 10.6. The fourth-order valence-corrected chi connectivity index (χ4v) is 3.21. The van der Waals surface area contributed by atoms with E-state index in [1.807, 2.05) is 12.1 Å². The lowest BCUT2D eigenvalue weighted by atomic mass is 10.1. The molecule has 3 aromatic rings. The minimum absolute atomic E-state index is 0.162. The van der Waals surface area contributed by atoms with Crippen LogP contribution in [-0.2, 0) is 9.59 Å². The molecule has 0 aliphatic rings. The molecular formula is C22H22N2O6. The fraction of sp³-hybridized carbons (Fsp3) is 0.227. The van der Waals surface area contributed by atoms with Crippen LogP contribution in [-0.4, -0.2) is 31.1 Å². The topological polar surface area (TPSA) is 109 Å². The van der Waals surface area contributed by atoms with Gasteiger partial charge < -0.3 is 24.5 Å². The molecule has 0 bridgehead atoms. The van der Waals surface area contributed by atoms with Gasteiger partial charge in [-0.1, -0.05) is 19.1 Å². The van der Waals surface area contributed by atoms with Crippen LogP contribution in [0.2, 0.25) is 0 Å². The first-order valence-corrected chi connectivity index (χ1v) is 9.34. The molecule has 1 unspecified atom stereocenters. The Labute approximate surface area is 172 Å².